The van der Waals surface area contributed by atoms with Gasteiger partial charge in [0, 0.05) is 12.1 Å². The quantitative estimate of drug-likeness (QED) is 0.879. The monoisotopic (exact) mass is 273 g/mol. The zero-order valence-corrected chi connectivity index (χ0v) is 11.8. The van der Waals surface area contributed by atoms with Crippen LogP contribution in [0.15, 0.2) is 34.7 Å². The lowest BCUT2D eigenvalue weighted by Crippen LogP contribution is -2.11. The highest BCUT2D eigenvalue weighted by Crippen LogP contribution is 2.19. The van der Waals surface area contributed by atoms with Crippen LogP contribution in [0.5, 0.6) is 0 Å². The summed E-state index contributed by atoms with van der Waals surface area (Å²) in [6, 6.07) is 8.90. The van der Waals surface area contributed by atoms with Gasteiger partial charge in [0.1, 0.15) is 5.76 Å². The average molecular weight is 273 g/mol. The number of benzene rings is 1. The van der Waals surface area contributed by atoms with Crippen molar-refractivity contribution in [3.8, 4) is 0 Å². The highest BCUT2D eigenvalue weighted by atomic mass is 16.4. The second-order valence-corrected chi connectivity index (χ2v) is 4.58. The summed E-state index contributed by atoms with van der Waals surface area (Å²) in [4.78, 5) is 12.1. The van der Waals surface area contributed by atoms with Gasteiger partial charge in [-0.15, -0.1) is 0 Å². The molecule has 2 rings (SSSR count). The van der Waals surface area contributed by atoms with Gasteiger partial charge in [0.15, 0.2) is 5.76 Å². The number of aryl methyl sites for hydroxylation is 2. The smallest absolute Gasteiger partial charge is 0.291 e. The predicted octanol–water partition coefficient (Wildman–Crippen LogP) is 3.15. The molecule has 0 saturated carbocycles. The third-order valence-electron chi connectivity index (χ3n) is 3.19. The van der Waals surface area contributed by atoms with Gasteiger partial charge >= 0.3 is 0 Å². The van der Waals surface area contributed by atoms with Crippen LogP contribution in [0.3, 0.4) is 0 Å². The van der Waals surface area contributed by atoms with E-state index < -0.39 is 0 Å². The Morgan fingerprint density at radius 3 is 2.65 bits per heavy atom. The second kappa shape index (κ2) is 6.39. The van der Waals surface area contributed by atoms with Gasteiger partial charge in [-0.05, 0) is 35.7 Å². The number of anilines is 1. The highest BCUT2D eigenvalue weighted by Gasteiger charge is 2.15. The lowest BCUT2D eigenvalue weighted by molar-refractivity contribution is 0.0995. The third kappa shape index (κ3) is 3.08. The first-order valence-corrected chi connectivity index (χ1v) is 6.80. The second-order valence-electron chi connectivity index (χ2n) is 4.58. The molecule has 0 aliphatic rings. The topological polar surface area (TPSA) is 62.5 Å². The van der Waals surface area contributed by atoms with Gasteiger partial charge in [-0.2, -0.15) is 0 Å². The van der Waals surface area contributed by atoms with Crippen LogP contribution in [0.2, 0.25) is 0 Å². The van der Waals surface area contributed by atoms with Gasteiger partial charge in [-0.1, -0.05) is 26.0 Å². The number of amides is 1. The number of furan rings is 1. The number of hydrogen-bond donors (Lipinski definition) is 2. The number of aliphatic hydroxyl groups is 1. The van der Waals surface area contributed by atoms with E-state index in [9.17, 15) is 4.79 Å². The number of carbonyl (C=O) groups excluding carboxylic acids is 1. The van der Waals surface area contributed by atoms with Crippen molar-refractivity contribution in [3.63, 3.8) is 0 Å². The number of hydrogen-bond acceptors (Lipinski definition) is 3. The minimum absolute atomic E-state index is 0.0512. The van der Waals surface area contributed by atoms with Gasteiger partial charge in [0.25, 0.3) is 5.91 Å². The normalized spacial score (nSPS) is 10.6. The molecule has 0 atom stereocenters. The largest absolute Gasteiger partial charge is 0.456 e. The molecule has 0 bridgehead atoms. The number of aliphatic hydroxyl groups excluding tert-OH is 1. The molecule has 2 aromatic rings. The Morgan fingerprint density at radius 1 is 1.25 bits per heavy atom. The molecule has 1 aromatic carbocycles. The van der Waals surface area contributed by atoms with Crippen LogP contribution in [0.4, 0.5) is 5.69 Å². The van der Waals surface area contributed by atoms with Gasteiger partial charge < -0.3 is 14.8 Å². The highest BCUT2D eigenvalue weighted by molar-refractivity contribution is 6.02. The zero-order chi connectivity index (χ0) is 14.5. The molecule has 1 aromatic heterocycles. The molecule has 1 heterocycles. The summed E-state index contributed by atoms with van der Waals surface area (Å²) < 4.78 is 5.58. The number of carbonyl (C=O) groups is 1. The molecule has 4 heteroatoms. The maximum atomic E-state index is 12.1. The van der Waals surface area contributed by atoms with E-state index in [1.165, 1.54) is 0 Å². The van der Waals surface area contributed by atoms with Gasteiger partial charge in [0.05, 0.1) is 6.61 Å². The van der Waals surface area contributed by atoms with Crippen molar-refractivity contribution in [1.29, 1.82) is 0 Å². The van der Waals surface area contributed by atoms with E-state index >= 15 is 0 Å². The predicted molar refractivity (Wildman–Crippen MR) is 77.8 cm³/mol. The van der Waals surface area contributed by atoms with Crippen molar-refractivity contribution in [3.05, 3.63) is 53.0 Å². The zero-order valence-electron chi connectivity index (χ0n) is 11.8. The van der Waals surface area contributed by atoms with E-state index in [1.54, 1.807) is 30.3 Å². The van der Waals surface area contributed by atoms with Crippen LogP contribution in [0, 0.1) is 0 Å². The van der Waals surface area contributed by atoms with Gasteiger partial charge in [0.2, 0.25) is 0 Å². The Kier molecular flexibility index (Phi) is 4.58. The van der Waals surface area contributed by atoms with E-state index in [0.29, 0.717) is 11.4 Å². The van der Waals surface area contributed by atoms with Crippen LogP contribution < -0.4 is 5.32 Å². The summed E-state index contributed by atoms with van der Waals surface area (Å²) in [7, 11) is 0. The Bertz CT molecular complexity index is 580. The maximum absolute atomic E-state index is 12.1. The van der Waals surface area contributed by atoms with E-state index in [0.717, 1.165) is 29.7 Å². The standard InChI is InChI=1S/C16H19NO3/c1-3-12-9-15(20-14(12)4-2)16(19)17-13-7-5-6-11(8-13)10-18/h5-9,18H,3-4,10H2,1-2H3,(H,17,19). The van der Waals surface area contributed by atoms with E-state index in [4.69, 9.17) is 9.52 Å². The van der Waals surface area contributed by atoms with Crippen LogP contribution >= 0.6 is 0 Å². The first-order chi connectivity index (χ1) is 9.67. The average Bonchev–Trinajstić information content (AvgIpc) is 2.90. The van der Waals surface area contributed by atoms with Crippen LogP contribution in [-0.2, 0) is 19.4 Å². The van der Waals surface area contributed by atoms with Crippen molar-refractivity contribution in [2.75, 3.05) is 5.32 Å². The SMILES string of the molecule is CCc1cc(C(=O)Nc2cccc(CO)c2)oc1CC. The first-order valence-electron chi connectivity index (χ1n) is 6.80. The van der Waals surface area contributed by atoms with Crippen molar-refractivity contribution in [2.24, 2.45) is 0 Å². The minimum atomic E-state index is -0.269. The molecule has 0 aliphatic carbocycles. The number of nitrogens with one attached hydrogen (secondary N) is 1. The van der Waals surface area contributed by atoms with Gasteiger partial charge in [-0.25, -0.2) is 0 Å². The van der Waals surface area contributed by atoms with E-state index in [1.807, 2.05) is 13.8 Å². The molecular weight excluding hydrogens is 254 g/mol. The molecule has 4 nitrogen and oxygen atoms in total. The van der Waals surface area contributed by atoms with Crippen molar-refractivity contribution < 1.29 is 14.3 Å². The fourth-order valence-corrected chi connectivity index (χ4v) is 2.12. The van der Waals surface area contributed by atoms with E-state index in [-0.39, 0.29) is 12.5 Å². The van der Waals surface area contributed by atoms with E-state index in [2.05, 4.69) is 5.32 Å². The third-order valence-corrected chi connectivity index (χ3v) is 3.19. The van der Waals surface area contributed by atoms with Crippen molar-refractivity contribution in [1.82, 2.24) is 0 Å². The summed E-state index contributed by atoms with van der Waals surface area (Å²) in [5.74, 6) is 0.921. The van der Waals surface area contributed by atoms with Crippen LogP contribution in [0.25, 0.3) is 0 Å². The summed E-state index contributed by atoms with van der Waals surface area (Å²) >= 11 is 0. The molecule has 2 N–H and O–H groups in total. The Balaban J connectivity index is 2.17. The molecule has 0 radical (unpaired) electrons. The molecule has 1 amide bonds. The molecule has 20 heavy (non-hydrogen) atoms. The van der Waals surface area contributed by atoms with Crippen molar-refractivity contribution >= 4 is 11.6 Å². The fourth-order valence-electron chi connectivity index (χ4n) is 2.12. The maximum Gasteiger partial charge on any atom is 0.291 e. The molecule has 0 saturated heterocycles. The van der Waals surface area contributed by atoms with Crippen LogP contribution in [0.1, 0.15) is 41.3 Å². The minimum Gasteiger partial charge on any atom is -0.456 e. The Morgan fingerprint density at radius 2 is 2.05 bits per heavy atom. The summed E-state index contributed by atoms with van der Waals surface area (Å²) in [6.07, 6.45) is 1.62. The van der Waals surface area contributed by atoms with Gasteiger partial charge in [-0.3, -0.25) is 4.79 Å². The molecule has 0 fully saturated rings. The molecule has 0 unspecified atom stereocenters. The Labute approximate surface area is 118 Å². The first kappa shape index (κ1) is 14.3. The number of rotatable bonds is 5. The fraction of sp³-hybridized carbons (Fsp3) is 0.312. The molecule has 106 valence electrons. The lowest BCUT2D eigenvalue weighted by atomic mass is 10.1. The summed E-state index contributed by atoms with van der Waals surface area (Å²) in [6.45, 7) is 3.99. The molecule has 0 aliphatic heterocycles. The summed E-state index contributed by atoms with van der Waals surface area (Å²) in [5, 5.41) is 11.9. The van der Waals surface area contributed by atoms with Crippen LogP contribution in [-0.4, -0.2) is 11.0 Å². The molecule has 0 spiro atoms. The molecular formula is C16H19NO3. The summed E-state index contributed by atoms with van der Waals surface area (Å²) in [5.41, 5.74) is 2.47. The lowest BCUT2D eigenvalue weighted by Gasteiger charge is -2.04. The Hall–Kier alpha value is -2.07. The van der Waals surface area contributed by atoms with Crippen molar-refractivity contribution in [2.45, 2.75) is 33.3 Å².